The van der Waals surface area contributed by atoms with Gasteiger partial charge in [0.2, 0.25) is 0 Å². The van der Waals surface area contributed by atoms with Crippen molar-refractivity contribution in [3.05, 3.63) is 83.9 Å². The predicted octanol–water partition coefficient (Wildman–Crippen LogP) is 2.73. The molecule has 0 spiro atoms. The average Bonchev–Trinajstić information content (AvgIpc) is 3.07. The number of aromatic nitrogens is 3. The van der Waals surface area contributed by atoms with Crippen LogP contribution in [0.25, 0.3) is 0 Å². The Bertz CT molecular complexity index is 596. The van der Waals surface area contributed by atoms with E-state index in [2.05, 4.69) is 69.0 Å². The summed E-state index contributed by atoms with van der Waals surface area (Å²) in [5, 5.41) is 10.2. The van der Waals surface area contributed by atoms with E-state index in [1.54, 1.807) is 0 Å². The first-order valence-corrected chi connectivity index (χ1v) is 7.08. The van der Waals surface area contributed by atoms with Gasteiger partial charge in [0, 0.05) is 12.5 Å². The molecule has 2 aromatic carbocycles. The average molecular weight is 278 g/mol. The van der Waals surface area contributed by atoms with E-state index in [0.717, 1.165) is 12.4 Å². The SMILES string of the molecule is c1ccc(C(CNCc2ncn[nH]2)c2ccccc2)cc1. The topological polar surface area (TPSA) is 53.6 Å². The summed E-state index contributed by atoms with van der Waals surface area (Å²) < 4.78 is 0. The number of rotatable bonds is 6. The summed E-state index contributed by atoms with van der Waals surface area (Å²) in [6.07, 6.45) is 1.53. The molecule has 3 aromatic rings. The number of nitrogens with zero attached hydrogens (tertiary/aromatic N) is 2. The van der Waals surface area contributed by atoms with Crippen LogP contribution >= 0.6 is 0 Å². The highest BCUT2D eigenvalue weighted by molar-refractivity contribution is 5.32. The number of nitrogens with one attached hydrogen (secondary N) is 2. The van der Waals surface area contributed by atoms with E-state index >= 15 is 0 Å². The van der Waals surface area contributed by atoms with Crippen molar-refractivity contribution in [1.82, 2.24) is 20.5 Å². The second-order valence-electron chi connectivity index (χ2n) is 4.94. The van der Waals surface area contributed by atoms with Crippen molar-refractivity contribution in [2.45, 2.75) is 12.5 Å². The molecule has 0 unspecified atom stereocenters. The van der Waals surface area contributed by atoms with E-state index in [1.807, 2.05) is 12.1 Å². The van der Waals surface area contributed by atoms with Crippen molar-refractivity contribution in [3.63, 3.8) is 0 Å². The van der Waals surface area contributed by atoms with E-state index < -0.39 is 0 Å². The molecule has 106 valence electrons. The molecule has 1 aromatic heterocycles. The monoisotopic (exact) mass is 278 g/mol. The first-order chi connectivity index (χ1) is 10.4. The zero-order valence-electron chi connectivity index (χ0n) is 11.7. The summed E-state index contributed by atoms with van der Waals surface area (Å²) >= 11 is 0. The molecular weight excluding hydrogens is 260 g/mol. The normalized spacial score (nSPS) is 10.9. The molecule has 1 heterocycles. The van der Waals surface area contributed by atoms with Crippen LogP contribution in [0, 0.1) is 0 Å². The first kappa shape index (κ1) is 13.5. The molecule has 0 aliphatic rings. The van der Waals surface area contributed by atoms with Crippen molar-refractivity contribution >= 4 is 0 Å². The third-order valence-electron chi connectivity index (χ3n) is 3.51. The minimum absolute atomic E-state index is 0.329. The largest absolute Gasteiger partial charge is 0.309 e. The van der Waals surface area contributed by atoms with Crippen molar-refractivity contribution in [2.75, 3.05) is 6.54 Å². The molecule has 0 saturated carbocycles. The number of H-pyrrole nitrogens is 1. The van der Waals surface area contributed by atoms with Crippen LogP contribution in [-0.2, 0) is 6.54 Å². The van der Waals surface area contributed by atoms with Crippen LogP contribution in [0.15, 0.2) is 67.0 Å². The Kier molecular flexibility index (Phi) is 4.39. The van der Waals surface area contributed by atoms with Gasteiger partial charge < -0.3 is 5.32 Å². The van der Waals surface area contributed by atoms with E-state index in [1.165, 1.54) is 17.5 Å². The van der Waals surface area contributed by atoms with Gasteiger partial charge in [-0.1, -0.05) is 60.7 Å². The van der Waals surface area contributed by atoms with Gasteiger partial charge in [-0.2, -0.15) is 5.10 Å². The van der Waals surface area contributed by atoms with E-state index in [9.17, 15) is 0 Å². The quantitative estimate of drug-likeness (QED) is 0.729. The summed E-state index contributed by atoms with van der Waals surface area (Å²) in [7, 11) is 0. The number of benzene rings is 2. The lowest BCUT2D eigenvalue weighted by Crippen LogP contribution is -2.22. The lowest BCUT2D eigenvalue weighted by molar-refractivity contribution is 0.619. The van der Waals surface area contributed by atoms with Crippen molar-refractivity contribution < 1.29 is 0 Å². The molecule has 0 aliphatic heterocycles. The molecule has 0 aliphatic carbocycles. The van der Waals surface area contributed by atoms with Gasteiger partial charge >= 0.3 is 0 Å². The Labute approximate surface area is 124 Å². The maximum Gasteiger partial charge on any atom is 0.138 e. The summed E-state index contributed by atoms with van der Waals surface area (Å²) in [4.78, 5) is 4.13. The number of hydrogen-bond donors (Lipinski definition) is 2. The number of aromatic amines is 1. The van der Waals surface area contributed by atoms with Gasteiger partial charge in [-0.15, -0.1) is 0 Å². The van der Waals surface area contributed by atoms with Crippen molar-refractivity contribution in [2.24, 2.45) is 0 Å². The van der Waals surface area contributed by atoms with Crippen LogP contribution in [-0.4, -0.2) is 21.7 Å². The Balaban J connectivity index is 1.73. The second kappa shape index (κ2) is 6.81. The van der Waals surface area contributed by atoms with Crippen LogP contribution in [0.2, 0.25) is 0 Å². The third kappa shape index (κ3) is 3.55. The van der Waals surface area contributed by atoms with Gasteiger partial charge in [-0.3, -0.25) is 5.10 Å². The number of hydrogen-bond acceptors (Lipinski definition) is 3. The fraction of sp³-hybridized carbons (Fsp3) is 0.176. The van der Waals surface area contributed by atoms with Gasteiger partial charge in [0.05, 0.1) is 6.54 Å². The molecule has 0 radical (unpaired) electrons. The molecule has 2 N–H and O–H groups in total. The molecule has 0 atom stereocenters. The van der Waals surface area contributed by atoms with E-state index in [4.69, 9.17) is 0 Å². The lowest BCUT2D eigenvalue weighted by atomic mass is 9.91. The maximum atomic E-state index is 4.13. The molecule has 0 bridgehead atoms. The van der Waals surface area contributed by atoms with Crippen molar-refractivity contribution in [3.8, 4) is 0 Å². The Morgan fingerprint density at radius 2 is 1.52 bits per heavy atom. The molecule has 4 heteroatoms. The molecular formula is C17H18N4. The highest BCUT2D eigenvalue weighted by Gasteiger charge is 2.13. The lowest BCUT2D eigenvalue weighted by Gasteiger charge is -2.18. The molecule has 3 rings (SSSR count). The van der Waals surface area contributed by atoms with Crippen molar-refractivity contribution in [1.29, 1.82) is 0 Å². The molecule has 4 nitrogen and oxygen atoms in total. The Morgan fingerprint density at radius 3 is 2.05 bits per heavy atom. The van der Waals surface area contributed by atoms with Gasteiger partial charge in [0.1, 0.15) is 12.2 Å². The fourth-order valence-corrected chi connectivity index (χ4v) is 2.45. The minimum Gasteiger partial charge on any atom is -0.309 e. The Hall–Kier alpha value is -2.46. The summed E-state index contributed by atoms with van der Waals surface area (Å²) in [6.45, 7) is 1.55. The van der Waals surface area contributed by atoms with E-state index in [-0.39, 0.29) is 0 Å². The summed E-state index contributed by atoms with van der Waals surface area (Å²) in [5.74, 6) is 1.19. The van der Waals surface area contributed by atoms with Crippen LogP contribution < -0.4 is 5.32 Å². The zero-order chi connectivity index (χ0) is 14.3. The Morgan fingerprint density at radius 1 is 0.905 bits per heavy atom. The molecule has 0 saturated heterocycles. The smallest absolute Gasteiger partial charge is 0.138 e. The van der Waals surface area contributed by atoms with E-state index in [0.29, 0.717) is 12.5 Å². The van der Waals surface area contributed by atoms with Gasteiger partial charge in [0.15, 0.2) is 0 Å². The van der Waals surface area contributed by atoms with Gasteiger partial charge in [-0.05, 0) is 11.1 Å². The summed E-state index contributed by atoms with van der Waals surface area (Å²) in [5.41, 5.74) is 2.63. The molecule has 0 amide bonds. The van der Waals surface area contributed by atoms with Gasteiger partial charge in [-0.25, -0.2) is 4.98 Å². The van der Waals surface area contributed by atoms with Crippen LogP contribution in [0.4, 0.5) is 0 Å². The van der Waals surface area contributed by atoms with Crippen LogP contribution in [0.3, 0.4) is 0 Å². The third-order valence-corrected chi connectivity index (χ3v) is 3.51. The summed E-state index contributed by atoms with van der Waals surface area (Å²) in [6, 6.07) is 21.1. The highest BCUT2D eigenvalue weighted by atomic mass is 15.2. The van der Waals surface area contributed by atoms with Crippen LogP contribution in [0.1, 0.15) is 22.9 Å². The van der Waals surface area contributed by atoms with Gasteiger partial charge in [0.25, 0.3) is 0 Å². The standard InChI is InChI=1S/C17H18N4/c1-3-7-14(8-4-1)16(15-9-5-2-6-10-15)11-18-12-17-19-13-20-21-17/h1-10,13,16,18H,11-12H2,(H,19,20,21). The minimum atomic E-state index is 0.329. The highest BCUT2D eigenvalue weighted by Crippen LogP contribution is 2.23. The predicted molar refractivity (Wildman–Crippen MR) is 82.8 cm³/mol. The molecule has 0 fully saturated rings. The zero-order valence-corrected chi connectivity index (χ0v) is 11.7. The molecule has 21 heavy (non-hydrogen) atoms. The first-order valence-electron chi connectivity index (χ1n) is 7.08. The van der Waals surface area contributed by atoms with Crippen LogP contribution in [0.5, 0.6) is 0 Å². The second-order valence-corrected chi connectivity index (χ2v) is 4.94. The fourth-order valence-electron chi connectivity index (χ4n) is 2.45. The maximum absolute atomic E-state index is 4.13.